The summed E-state index contributed by atoms with van der Waals surface area (Å²) in [4.78, 5) is 47.6. The fourth-order valence-corrected chi connectivity index (χ4v) is 6.16. The van der Waals surface area contributed by atoms with Crippen LogP contribution in [0.4, 0.5) is 11.4 Å². The summed E-state index contributed by atoms with van der Waals surface area (Å²) >= 11 is 0. The molecule has 1 aliphatic heterocycles. The third-order valence-corrected chi connectivity index (χ3v) is 9.07. The van der Waals surface area contributed by atoms with Crippen LogP contribution >= 0.6 is 24.8 Å². The van der Waals surface area contributed by atoms with E-state index in [1.54, 1.807) is 54.0 Å². The van der Waals surface area contributed by atoms with Gasteiger partial charge in [-0.05, 0) is 92.7 Å². The summed E-state index contributed by atoms with van der Waals surface area (Å²) < 4.78 is 7.99. The molecule has 54 heavy (non-hydrogen) atoms. The highest BCUT2D eigenvalue weighted by molar-refractivity contribution is 6.06. The number of nitrogens with two attached hydrogens (primary N) is 1. The molecule has 2 amide bonds. The smallest absolute Gasteiger partial charge is 0.335 e. The van der Waals surface area contributed by atoms with Gasteiger partial charge in [-0.1, -0.05) is 17.7 Å². The number of ether oxygens (including phenoxy) is 1. The van der Waals surface area contributed by atoms with Crippen molar-refractivity contribution in [3.8, 4) is 5.75 Å². The van der Waals surface area contributed by atoms with Crippen LogP contribution in [-0.4, -0.2) is 68.2 Å². The highest BCUT2D eigenvalue weighted by atomic mass is 35.5. The molecule has 4 aromatic carbocycles. The van der Waals surface area contributed by atoms with Gasteiger partial charge in [0.2, 0.25) is 5.91 Å². The topological polar surface area (TPSA) is 191 Å². The number of nitrogen functional groups attached to an aromatic ring is 1. The molecule has 0 spiro atoms. The summed E-state index contributed by atoms with van der Waals surface area (Å²) in [6.45, 7) is 5.08. The molecule has 6 rings (SSSR count). The van der Waals surface area contributed by atoms with Crippen LogP contribution in [0.25, 0.3) is 11.0 Å². The van der Waals surface area contributed by atoms with Gasteiger partial charge < -0.3 is 35.3 Å². The van der Waals surface area contributed by atoms with E-state index in [2.05, 4.69) is 5.32 Å². The molecule has 282 valence electrons. The molecule has 5 aromatic rings. The molecule has 0 unspecified atom stereocenters. The third-order valence-electron chi connectivity index (χ3n) is 9.07. The summed E-state index contributed by atoms with van der Waals surface area (Å²) in [6.07, 6.45) is 1.57. The van der Waals surface area contributed by atoms with Crippen molar-refractivity contribution in [2.75, 3.05) is 23.3 Å². The number of aromatic nitrogens is 2. The number of aryl methyl sites for hydroxylation is 1. The summed E-state index contributed by atoms with van der Waals surface area (Å²) in [5, 5.41) is 28.2. The molecule has 0 saturated carbocycles. The number of rotatable bonds is 11. The second kappa shape index (κ2) is 17.7. The van der Waals surface area contributed by atoms with Crippen molar-refractivity contribution < 1.29 is 24.2 Å². The van der Waals surface area contributed by atoms with Crippen molar-refractivity contribution in [2.45, 2.75) is 45.9 Å². The van der Waals surface area contributed by atoms with Crippen LogP contribution in [0.1, 0.15) is 57.4 Å². The maximum atomic E-state index is 14.2. The maximum absolute atomic E-state index is 14.2. The van der Waals surface area contributed by atoms with E-state index >= 15 is 0 Å². The number of carboxylic acids is 1. The number of hydrogen-bond acceptors (Lipinski definition) is 7. The Morgan fingerprint density at radius 1 is 0.907 bits per heavy atom. The molecular weight excluding hydrogens is 731 g/mol. The van der Waals surface area contributed by atoms with E-state index in [0.29, 0.717) is 45.4 Å². The number of fused-ring (bicyclic) bond motifs is 1. The number of carbonyl (C=O) groups is 3. The number of amides is 2. The Labute approximate surface area is 325 Å². The van der Waals surface area contributed by atoms with Gasteiger partial charge in [0, 0.05) is 48.4 Å². The van der Waals surface area contributed by atoms with Gasteiger partial charge in [0.15, 0.2) is 0 Å². The van der Waals surface area contributed by atoms with Gasteiger partial charge in [0.1, 0.15) is 30.1 Å². The van der Waals surface area contributed by atoms with Crippen LogP contribution in [0.5, 0.6) is 5.75 Å². The van der Waals surface area contributed by atoms with E-state index in [9.17, 15) is 19.5 Å². The van der Waals surface area contributed by atoms with Crippen molar-refractivity contribution >= 4 is 76.7 Å². The number of nitrogens with zero attached hydrogens (tertiary/aromatic N) is 4. The van der Waals surface area contributed by atoms with Crippen molar-refractivity contribution in [1.29, 1.82) is 10.8 Å². The van der Waals surface area contributed by atoms with Crippen molar-refractivity contribution in [3.63, 3.8) is 0 Å². The number of halogens is 2. The van der Waals surface area contributed by atoms with E-state index in [-0.39, 0.29) is 66.9 Å². The van der Waals surface area contributed by atoms with E-state index in [0.717, 1.165) is 31.5 Å². The summed E-state index contributed by atoms with van der Waals surface area (Å²) in [5.41, 5.74) is 9.90. The molecule has 1 aromatic heterocycles. The summed E-state index contributed by atoms with van der Waals surface area (Å²) in [7, 11) is 0. The second-order valence-electron chi connectivity index (χ2n) is 12.8. The number of amidine groups is 2. The predicted molar refractivity (Wildman–Crippen MR) is 214 cm³/mol. The van der Waals surface area contributed by atoms with Crippen molar-refractivity contribution in [3.05, 3.63) is 119 Å². The van der Waals surface area contributed by atoms with Gasteiger partial charge in [-0.25, -0.2) is 9.78 Å². The quantitative estimate of drug-likeness (QED) is 0.0743. The molecular formula is C39H42Cl2N8O5. The predicted octanol–water partition coefficient (Wildman–Crippen LogP) is 6.50. The number of piperidine rings is 1. The van der Waals surface area contributed by atoms with Crippen LogP contribution in [0.2, 0.25) is 0 Å². The molecule has 2 heterocycles. The molecule has 1 aliphatic rings. The van der Waals surface area contributed by atoms with E-state index in [1.165, 1.54) is 29.2 Å². The summed E-state index contributed by atoms with van der Waals surface area (Å²) in [6, 6.07) is 25.4. The Hall–Kier alpha value is -5.92. The number of hydrogen-bond donors (Lipinski definition) is 5. The Morgan fingerprint density at radius 3 is 2.11 bits per heavy atom. The minimum absolute atomic E-state index is 0. The van der Waals surface area contributed by atoms with Gasteiger partial charge in [-0.2, -0.15) is 0 Å². The Balaban J connectivity index is 0.00000325. The van der Waals surface area contributed by atoms with Crippen LogP contribution in [0, 0.1) is 17.7 Å². The zero-order chi connectivity index (χ0) is 36.9. The third kappa shape index (κ3) is 9.54. The van der Waals surface area contributed by atoms with Gasteiger partial charge in [-0.3, -0.25) is 20.4 Å². The van der Waals surface area contributed by atoms with Crippen LogP contribution < -0.4 is 20.7 Å². The first-order valence-corrected chi connectivity index (χ1v) is 16.9. The molecule has 0 atom stereocenters. The standard InChI is InChI=1S/C39H40N8O5.2ClH/c1-24-3-10-29(11-4-24)43-36(48)23-47-34-16-9-28(37(41)42)21-33(34)44-35(47)22-46(38(49)26-5-7-27(8-6-26)39(50)51)30-12-14-31(15-13-30)52-32-17-19-45(20-18-32)25(2)40;;/h3-16,21,32,40H,17-20,22-23H2,1-2H3,(H3,41,42)(H,43,48)(H,50,51);2*1H. The largest absolute Gasteiger partial charge is 0.490 e. The van der Waals surface area contributed by atoms with E-state index in [4.69, 9.17) is 26.3 Å². The number of carboxylic acid groups (broad SMARTS) is 1. The number of anilines is 2. The highest BCUT2D eigenvalue weighted by Crippen LogP contribution is 2.27. The Bertz CT molecular complexity index is 2150. The number of aromatic carboxylic acids is 1. The SMILES string of the molecule is CC(=N)N1CCC(Oc2ccc(N(Cc3nc4cc(C(=N)N)ccc4n3CC(=O)Nc3ccc(C)cc3)C(=O)c3ccc(C(=O)O)cc3)cc2)CC1.Cl.Cl. The van der Waals surface area contributed by atoms with Crippen molar-refractivity contribution in [1.82, 2.24) is 14.5 Å². The maximum Gasteiger partial charge on any atom is 0.335 e. The zero-order valence-corrected chi connectivity index (χ0v) is 31.4. The van der Waals surface area contributed by atoms with Gasteiger partial charge in [0.05, 0.1) is 29.0 Å². The lowest BCUT2D eigenvalue weighted by Gasteiger charge is -2.33. The minimum atomic E-state index is -1.10. The van der Waals surface area contributed by atoms with Crippen LogP contribution in [0.3, 0.4) is 0 Å². The van der Waals surface area contributed by atoms with E-state index < -0.39 is 11.9 Å². The molecule has 15 heteroatoms. The minimum Gasteiger partial charge on any atom is -0.490 e. The highest BCUT2D eigenvalue weighted by Gasteiger charge is 2.25. The average molecular weight is 774 g/mol. The first-order valence-electron chi connectivity index (χ1n) is 16.9. The molecule has 0 aliphatic carbocycles. The first kappa shape index (κ1) is 40.8. The average Bonchev–Trinajstić information content (AvgIpc) is 3.47. The van der Waals surface area contributed by atoms with E-state index in [1.807, 2.05) is 36.1 Å². The van der Waals surface area contributed by atoms with Crippen LogP contribution in [0.15, 0.2) is 91.0 Å². The normalized spacial score (nSPS) is 12.6. The number of carbonyl (C=O) groups excluding carboxylic acids is 2. The number of imidazole rings is 1. The van der Waals surface area contributed by atoms with Gasteiger partial charge in [0.25, 0.3) is 5.91 Å². The monoisotopic (exact) mass is 772 g/mol. The molecule has 6 N–H and O–H groups in total. The lowest BCUT2D eigenvalue weighted by molar-refractivity contribution is -0.116. The molecule has 1 fully saturated rings. The van der Waals surface area contributed by atoms with Crippen LogP contribution in [-0.2, 0) is 17.9 Å². The lowest BCUT2D eigenvalue weighted by Crippen LogP contribution is -2.40. The van der Waals surface area contributed by atoms with Crippen molar-refractivity contribution in [2.24, 2.45) is 5.73 Å². The first-order chi connectivity index (χ1) is 24.9. The fraction of sp³-hybridized carbons (Fsp3) is 0.231. The number of benzene rings is 4. The fourth-order valence-electron chi connectivity index (χ4n) is 6.16. The Morgan fingerprint density at radius 2 is 1.52 bits per heavy atom. The molecule has 1 saturated heterocycles. The molecule has 0 radical (unpaired) electrons. The zero-order valence-electron chi connectivity index (χ0n) is 29.7. The lowest BCUT2D eigenvalue weighted by atomic mass is 10.1. The summed E-state index contributed by atoms with van der Waals surface area (Å²) in [5.74, 6) is -0.355. The molecule has 0 bridgehead atoms. The number of nitrogens with one attached hydrogen (secondary N) is 3. The molecule has 13 nitrogen and oxygen atoms in total. The Kier molecular flexibility index (Phi) is 13.4. The van der Waals surface area contributed by atoms with Gasteiger partial charge >= 0.3 is 5.97 Å². The number of likely N-dealkylation sites (tertiary alicyclic amines) is 1. The second-order valence-corrected chi connectivity index (χ2v) is 12.8. The van der Waals surface area contributed by atoms with Gasteiger partial charge in [-0.15, -0.1) is 24.8 Å².